The Morgan fingerprint density at radius 1 is 1.14 bits per heavy atom. The number of nitrogens with two attached hydrogens (primary N) is 1. The lowest BCUT2D eigenvalue weighted by atomic mass is 9.85. The molecule has 0 saturated carbocycles. The van der Waals surface area contributed by atoms with Crippen LogP contribution in [0.25, 0.3) is 0 Å². The number of aryl methyl sites for hydroxylation is 1. The molecule has 1 aromatic rings. The van der Waals surface area contributed by atoms with Gasteiger partial charge in [0.2, 0.25) is 0 Å². The first kappa shape index (κ1) is 11.3. The van der Waals surface area contributed by atoms with Crippen LogP contribution in [0.15, 0.2) is 24.3 Å². The van der Waals surface area contributed by atoms with Gasteiger partial charge in [0.05, 0.1) is 0 Å². The van der Waals surface area contributed by atoms with E-state index >= 15 is 0 Å². The van der Waals surface area contributed by atoms with Crippen LogP contribution in [0.4, 0.5) is 0 Å². The molecule has 1 aromatic carbocycles. The summed E-state index contributed by atoms with van der Waals surface area (Å²) in [6, 6.07) is 8.66. The van der Waals surface area contributed by atoms with Gasteiger partial charge < -0.3 is 5.73 Å². The molecule has 0 heterocycles. The van der Waals surface area contributed by atoms with Gasteiger partial charge in [0, 0.05) is 5.54 Å². The number of benzene rings is 1. The molecule has 0 fully saturated rings. The number of hydrogen-bond donors (Lipinski definition) is 1. The van der Waals surface area contributed by atoms with Crippen molar-refractivity contribution in [1.29, 1.82) is 0 Å². The standard InChI is InChI=1S/C13H21N/c1-4-11-8-7-9-12(10-11)13(14,5-2)6-3/h7-10H,4-6,14H2,1-3H3. The van der Waals surface area contributed by atoms with Crippen molar-refractivity contribution in [2.45, 2.75) is 45.6 Å². The molecular formula is C13H21N. The molecule has 0 atom stereocenters. The minimum Gasteiger partial charge on any atom is -0.321 e. The Morgan fingerprint density at radius 2 is 1.79 bits per heavy atom. The summed E-state index contributed by atoms with van der Waals surface area (Å²) in [5, 5.41) is 0. The third kappa shape index (κ3) is 2.16. The molecule has 0 aliphatic rings. The highest BCUT2D eigenvalue weighted by Gasteiger charge is 2.22. The SMILES string of the molecule is CCc1cccc(C(N)(CC)CC)c1. The van der Waals surface area contributed by atoms with Crippen LogP contribution in [0.2, 0.25) is 0 Å². The van der Waals surface area contributed by atoms with Crippen molar-refractivity contribution < 1.29 is 0 Å². The molecule has 1 heteroatoms. The summed E-state index contributed by atoms with van der Waals surface area (Å²) < 4.78 is 0. The maximum Gasteiger partial charge on any atom is 0.0404 e. The van der Waals surface area contributed by atoms with Gasteiger partial charge in [-0.05, 0) is 30.4 Å². The summed E-state index contributed by atoms with van der Waals surface area (Å²) in [6.07, 6.45) is 3.07. The van der Waals surface area contributed by atoms with Crippen LogP contribution in [0, 0.1) is 0 Å². The molecule has 1 rings (SSSR count). The van der Waals surface area contributed by atoms with E-state index in [9.17, 15) is 0 Å². The molecule has 0 aliphatic heterocycles. The summed E-state index contributed by atoms with van der Waals surface area (Å²) >= 11 is 0. The third-order valence-corrected chi connectivity index (χ3v) is 3.17. The summed E-state index contributed by atoms with van der Waals surface area (Å²) in [7, 11) is 0. The Morgan fingerprint density at radius 3 is 2.29 bits per heavy atom. The molecule has 0 saturated heterocycles. The molecule has 0 spiro atoms. The smallest absolute Gasteiger partial charge is 0.0404 e. The lowest BCUT2D eigenvalue weighted by Gasteiger charge is -2.27. The third-order valence-electron chi connectivity index (χ3n) is 3.17. The molecule has 0 unspecified atom stereocenters. The van der Waals surface area contributed by atoms with Crippen LogP contribution in [0.3, 0.4) is 0 Å². The zero-order valence-electron chi connectivity index (χ0n) is 9.51. The highest BCUT2D eigenvalue weighted by Crippen LogP contribution is 2.26. The van der Waals surface area contributed by atoms with Gasteiger partial charge in [0.25, 0.3) is 0 Å². The fourth-order valence-corrected chi connectivity index (χ4v) is 1.76. The second-order valence-corrected chi connectivity index (χ2v) is 3.92. The van der Waals surface area contributed by atoms with E-state index in [-0.39, 0.29) is 5.54 Å². The summed E-state index contributed by atoms with van der Waals surface area (Å²) in [5.41, 5.74) is 8.86. The minimum atomic E-state index is -0.134. The van der Waals surface area contributed by atoms with E-state index in [1.54, 1.807) is 0 Å². The first-order valence-electron chi connectivity index (χ1n) is 5.54. The maximum absolute atomic E-state index is 6.34. The summed E-state index contributed by atoms with van der Waals surface area (Å²) in [4.78, 5) is 0. The normalized spacial score (nSPS) is 11.7. The fraction of sp³-hybridized carbons (Fsp3) is 0.538. The van der Waals surface area contributed by atoms with Gasteiger partial charge in [-0.2, -0.15) is 0 Å². The van der Waals surface area contributed by atoms with E-state index in [4.69, 9.17) is 5.73 Å². The van der Waals surface area contributed by atoms with Crippen molar-refractivity contribution >= 4 is 0 Å². The van der Waals surface area contributed by atoms with Crippen molar-refractivity contribution in [2.24, 2.45) is 5.73 Å². The zero-order valence-corrected chi connectivity index (χ0v) is 9.51. The highest BCUT2D eigenvalue weighted by atomic mass is 14.7. The molecule has 0 bridgehead atoms. The molecule has 0 amide bonds. The Balaban J connectivity index is 3.04. The van der Waals surface area contributed by atoms with E-state index in [1.807, 2.05) is 0 Å². The van der Waals surface area contributed by atoms with Crippen LogP contribution < -0.4 is 5.73 Å². The predicted octanol–water partition coefficient (Wildman–Crippen LogP) is 3.22. The average Bonchev–Trinajstić information content (AvgIpc) is 2.28. The van der Waals surface area contributed by atoms with Crippen LogP contribution in [0.1, 0.15) is 44.7 Å². The minimum absolute atomic E-state index is 0.134. The van der Waals surface area contributed by atoms with Crippen molar-refractivity contribution in [3.8, 4) is 0 Å². The Kier molecular flexibility index (Phi) is 3.70. The summed E-state index contributed by atoms with van der Waals surface area (Å²) in [5.74, 6) is 0. The van der Waals surface area contributed by atoms with E-state index < -0.39 is 0 Å². The fourth-order valence-electron chi connectivity index (χ4n) is 1.76. The maximum atomic E-state index is 6.34. The zero-order chi connectivity index (χ0) is 10.6. The second-order valence-electron chi connectivity index (χ2n) is 3.92. The van der Waals surface area contributed by atoms with Crippen LogP contribution in [-0.2, 0) is 12.0 Å². The lowest BCUT2D eigenvalue weighted by molar-refractivity contribution is 0.412. The molecule has 0 aromatic heterocycles. The molecule has 2 N–H and O–H groups in total. The molecule has 0 aliphatic carbocycles. The van der Waals surface area contributed by atoms with E-state index in [0.717, 1.165) is 19.3 Å². The number of rotatable bonds is 4. The highest BCUT2D eigenvalue weighted by molar-refractivity contribution is 5.29. The van der Waals surface area contributed by atoms with Crippen LogP contribution in [-0.4, -0.2) is 0 Å². The van der Waals surface area contributed by atoms with Gasteiger partial charge in [0.15, 0.2) is 0 Å². The molecular weight excluding hydrogens is 170 g/mol. The van der Waals surface area contributed by atoms with Gasteiger partial charge in [-0.15, -0.1) is 0 Å². The van der Waals surface area contributed by atoms with Gasteiger partial charge >= 0.3 is 0 Å². The van der Waals surface area contributed by atoms with E-state index in [0.29, 0.717) is 0 Å². The second kappa shape index (κ2) is 4.61. The molecule has 1 nitrogen and oxygen atoms in total. The Hall–Kier alpha value is -0.820. The summed E-state index contributed by atoms with van der Waals surface area (Å²) in [6.45, 7) is 6.49. The van der Waals surface area contributed by atoms with Crippen LogP contribution >= 0.6 is 0 Å². The average molecular weight is 191 g/mol. The quantitative estimate of drug-likeness (QED) is 0.777. The van der Waals surface area contributed by atoms with E-state index in [2.05, 4.69) is 45.0 Å². The lowest BCUT2D eigenvalue weighted by Crippen LogP contribution is -2.35. The monoisotopic (exact) mass is 191 g/mol. The Bertz CT molecular complexity index is 287. The first-order chi connectivity index (χ1) is 6.66. The van der Waals surface area contributed by atoms with Gasteiger partial charge in [0.1, 0.15) is 0 Å². The van der Waals surface area contributed by atoms with Crippen molar-refractivity contribution in [3.63, 3.8) is 0 Å². The molecule has 0 radical (unpaired) electrons. The molecule has 78 valence electrons. The number of hydrogen-bond acceptors (Lipinski definition) is 1. The van der Waals surface area contributed by atoms with Gasteiger partial charge in [-0.25, -0.2) is 0 Å². The molecule has 14 heavy (non-hydrogen) atoms. The van der Waals surface area contributed by atoms with Crippen molar-refractivity contribution in [2.75, 3.05) is 0 Å². The Labute approximate surface area is 87.3 Å². The van der Waals surface area contributed by atoms with Crippen molar-refractivity contribution in [1.82, 2.24) is 0 Å². The first-order valence-corrected chi connectivity index (χ1v) is 5.54. The van der Waals surface area contributed by atoms with Crippen molar-refractivity contribution in [3.05, 3.63) is 35.4 Å². The van der Waals surface area contributed by atoms with E-state index in [1.165, 1.54) is 11.1 Å². The van der Waals surface area contributed by atoms with Gasteiger partial charge in [-0.3, -0.25) is 0 Å². The van der Waals surface area contributed by atoms with Gasteiger partial charge in [-0.1, -0.05) is 45.0 Å². The topological polar surface area (TPSA) is 26.0 Å². The largest absolute Gasteiger partial charge is 0.321 e. The van der Waals surface area contributed by atoms with Crippen LogP contribution in [0.5, 0.6) is 0 Å². The predicted molar refractivity (Wildman–Crippen MR) is 62.3 cm³/mol.